The highest BCUT2D eigenvalue weighted by molar-refractivity contribution is 7.16. The summed E-state index contributed by atoms with van der Waals surface area (Å²) in [6.45, 7) is 6.97. The molecule has 0 bridgehead atoms. The molecule has 0 aliphatic heterocycles. The highest BCUT2D eigenvalue weighted by Crippen LogP contribution is 2.26. The third-order valence-corrected chi connectivity index (χ3v) is 4.38. The maximum Gasteiger partial charge on any atom is 0.309 e. The lowest BCUT2D eigenvalue weighted by Crippen LogP contribution is -2.22. The zero-order chi connectivity index (χ0) is 16.6. The van der Waals surface area contributed by atoms with Crippen molar-refractivity contribution < 1.29 is 0 Å². The molecule has 1 aromatic carbocycles. The Labute approximate surface area is 138 Å². The van der Waals surface area contributed by atoms with Gasteiger partial charge in [0.25, 0.3) is 0 Å². The molecule has 0 unspecified atom stereocenters. The molecule has 116 valence electrons. The van der Waals surface area contributed by atoms with Crippen LogP contribution in [0.3, 0.4) is 0 Å². The van der Waals surface area contributed by atoms with Crippen molar-refractivity contribution in [3.8, 4) is 17.3 Å². The smallest absolute Gasteiger partial charge is 0.297 e. The minimum atomic E-state index is 0.00754. The summed E-state index contributed by atoms with van der Waals surface area (Å²) >= 11 is 1.16. The average molecular weight is 323 g/mol. The standard InChI is InChI=1S/C18H17N3OS/c1-18(2,3)11-21-15-9-8-14(20-16(15)23-17(21)22)13-7-5-4-6-12(13)10-19/h4-9H,11H2,1-3H3. The lowest BCUT2D eigenvalue weighted by Gasteiger charge is -2.18. The summed E-state index contributed by atoms with van der Waals surface area (Å²) in [6, 6.07) is 13.4. The topological polar surface area (TPSA) is 58.7 Å². The molecule has 5 heteroatoms. The van der Waals surface area contributed by atoms with E-state index in [-0.39, 0.29) is 10.3 Å². The SMILES string of the molecule is CC(C)(C)Cn1c(=O)sc2nc(-c3ccccc3C#N)ccc21. The van der Waals surface area contributed by atoms with E-state index in [1.165, 1.54) is 0 Å². The number of fused-ring (bicyclic) bond motifs is 1. The molecule has 0 radical (unpaired) electrons. The molecule has 0 amide bonds. The van der Waals surface area contributed by atoms with Crippen molar-refractivity contribution in [1.82, 2.24) is 9.55 Å². The Bertz CT molecular complexity index is 970. The number of aromatic nitrogens is 2. The van der Waals surface area contributed by atoms with Gasteiger partial charge in [0.05, 0.1) is 22.8 Å². The van der Waals surface area contributed by atoms with Crippen LogP contribution in [0.4, 0.5) is 0 Å². The third kappa shape index (κ3) is 3.03. The number of pyridine rings is 1. The van der Waals surface area contributed by atoms with E-state index in [2.05, 4.69) is 31.8 Å². The summed E-state index contributed by atoms with van der Waals surface area (Å²) in [5.41, 5.74) is 2.97. The Balaban J connectivity index is 2.15. The molecular formula is C18H17N3OS. The number of benzene rings is 1. The fourth-order valence-electron chi connectivity index (χ4n) is 2.53. The predicted octanol–water partition coefficient (Wildman–Crippen LogP) is 4.04. The zero-order valence-electron chi connectivity index (χ0n) is 13.3. The predicted molar refractivity (Wildman–Crippen MR) is 93.5 cm³/mol. The van der Waals surface area contributed by atoms with Gasteiger partial charge in [-0.15, -0.1) is 0 Å². The van der Waals surface area contributed by atoms with Crippen molar-refractivity contribution in [3.63, 3.8) is 0 Å². The molecule has 3 aromatic rings. The molecule has 23 heavy (non-hydrogen) atoms. The Morgan fingerprint density at radius 3 is 2.65 bits per heavy atom. The van der Waals surface area contributed by atoms with Crippen molar-refractivity contribution in [2.24, 2.45) is 5.41 Å². The lowest BCUT2D eigenvalue weighted by molar-refractivity contribution is 0.346. The largest absolute Gasteiger partial charge is 0.309 e. The van der Waals surface area contributed by atoms with E-state index in [0.29, 0.717) is 16.9 Å². The first-order valence-corrected chi connectivity index (χ1v) is 8.20. The summed E-state index contributed by atoms with van der Waals surface area (Å²) in [5.74, 6) is 0. The Morgan fingerprint density at radius 1 is 1.22 bits per heavy atom. The molecule has 2 aromatic heterocycles. The monoisotopic (exact) mass is 323 g/mol. The Morgan fingerprint density at radius 2 is 1.96 bits per heavy atom. The number of thiazole rings is 1. The van der Waals surface area contributed by atoms with E-state index < -0.39 is 0 Å². The van der Waals surface area contributed by atoms with Crippen LogP contribution in [0, 0.1) is 16.7 Å². The van der Waals surface area contributed by atoms with Gasteiger partial charge in [0, 0.05) is 12.1 Å². The van der Waals surface area contributed by atoms with Crippen LogP contribution < -0.4 is 4.87 Å². The zero-order valence-corrected chi connectivity index (χ0v) is 14.1. The molecular weight excluding hydrogens is 306 g/mol. The first kappa shape index (κ1) is 15.4. The molecule has 0 fully saturated rings. The van der Waals surface area contributed by atoms with Crippen LogP contribution in [0.2, 0.25) is 0 Å². The van der Waals surface area contributed by atoms with Crippen LogP contribution in [-0.2, 0) is 6.54 Å². The first-order chi connectivity index (χ1) is 10.9. The van der Waals surface area contributed by atoms with Crippen molar-refractivity contribution >= 4 is 21.7 Å². The number of hydrogen-bond acceptors (Lipinski definition) is 4. The Kier molecular flexibility index (Phi) is 3.78. The van der Waals surface area contributed by atoms with Crippen molar-refractivity contribution in [2.75, 3.05) is 0 Å². The number of rotatable bonds is 2. The first-order valence-electron chi connectivity index (χ1n) is 7.39. The normalized spacial score (nSPS) is 11.6. The fraction of sp³-hybridized carbons (Fsp3) is 0.278. The summed E-state index contributed by atoms with van der Waals surface area (Å²) in [4.78, 5) is 17.6. The minimum absolute atomic E-state index is 0.00754. The highest BCUT2D eigenvalue weighted by atomic mass is 32.1. The molecule has 0 spiro atoms. The van der Waals surface area contributed by atoms with Gasteiger partial charge in [-0.2, -0.15) is 5.26 Å². The number of nitriles is 1. The molecule has 4 nitrogen and oxygen atoms in total. The number of hydrogen-bond donors (Lipinski definition) is 0. The second-order valence-corrected chi connectivity index (χ2v) is 7.63. The van der Waals surface area contributed by atoms with Crippen LogP contribution in [0.1, 0.15) is 26.3 Å². The molecule has 0 saturated heterocycles. The third-order valence-electron chi connectivity index (χ3n) is 3.49. The summed E-state index contributed by atoms with van der Waals surface area (Å²) in [6.07, 6.45) is 0. The molecule has 2 heterocycles. The van der Waals surface area contributed by atoms with E-state index in [4.69, 9.17) is 0 Å². The van der Waals surface area contributed by atoms with E-state index in [9.17, 15) is 10.1 Å². The van der Waals surface area contributed by atoms with Crippen LogP contribution in [0.15, 0.2) is 41.2 Å². The van der Waals surface area contributed by atoms with Gasteiger partial charge in [0.15, 0.2) is 0 Å². The maximum absolute atomic E-state index is 12.3. The lowest BCUT2D eigenvalue weighted by atomic mass is 9.97. The van der Waals surface area contributed by atoms with Gasteiger partial charge in [0.1, 0.15) is 4.83 Å². The van der Waals surface area contributed by atoms with Crippen LogP contribution in [-0.4, -0.2) is 9.55 Å². The molecule has 3 rings (SSSR count). The minimum Gasteiger partial charge on any atom is -0.297 e. The van der Waals surface area contributed by atoms with Gasteiger partial charge >= 0.3 is 4.87 Å². The van der Waals surface area contributed by atoms with Crippen LogP contribution in [0.25, 0.3) is 21.6 Å². The molecule has 0 N–H and O–H groups in total. The van der Waals surface area contributed by atoms with E-state index >= 15 is 0 Å². The summed E-state index contributed by atoms with van der Waals surface area (Å²) in [7, 11) is 0. The molecule has 0 aliphatic carbocycles. The van der Waals surface area contributed by atoms with Gasteiger partial charge in [-0.05, 0) is 23.6 Å². The van der Waals surface area contributed by atoms with Gasteiger partial charge in [0.2, 0.25) is 0 Å². The van der Waals surface area contributed by atoms with Crippen LogP contribution >= 0.6 is 11.3 Å². The van der Waals surface area contributed by atoms with Crippen molar-refractivity contribution in [1.29, 1.82) is 5.26 Å². The highest BCUT2D eigenvalue weighted by Gasteiger charge is 2.17. The van der Waals surface area contributed by atoms with Gasteiger partial charge in [-0.25, -0.2) is 4.98 Å². The Hall–Kier alpha value is -2.45. The summed E-state index contributed by atoms with van der Waals surface area (Å²) in [5, 5.41) is 9.24. The van der Waals surface area contributed by atoms with E-state index in [0.717, 1.165) is 28.1 Å². The van der Waals surface area contributed by atoms with Gasteiger partial charge in [-0.1, -0.05) is 50.3 Å². The second-order valence-electron chi connectivity index (χ2n) is 6.69. The molecule has 0 saturated carbocycles. The van der Waals surface area contributed by atoms with E-state index in [1.54, 1.807) is 10.6 Å². The second kappa shape index (κ2) is 5.64. The fourth-order valence-corrected chi connectivity index (χ4v) is 3.39. The molecule has 0 aliphatic rings. The van der Waals surface area contributed by atoms with Gasteiger partial charge < -0.3 is 0 Å². The summed E-state index contributed by atoms with van der Waals surface area (Å²) < 4.78 is 1.78. The van der Waals surface area contributed by atoms with Gasteiger partial charge in [-0.3, -0.25) is 9.36 Å². The van der Waals surface area contributed by atoms with Crippen molar-refractivity contribution in [3.05, 3.63) is 51.6 Å². The van der Waals surface area contributed by atoms with Crippen LogP contribution in [0.5, 0.6) is 0 Å². The van der Waals surface area contributed by atoms with Crippen molar-refractivity contribution in [2.45, 2.75) is 27.3 Å². The number of nitrogens with zero attached hydrogens (tertiary/aromatic N) is 3. The quantitative estimate of drug-likeness (QED) is 0.715. The van der Waals surface area contributed by atoms with E-state index in [1.807, 2.05) is 30.3 Å². The molecule has 0 atom stereocenters. The maximum atomic E-state index is 12.3. The average Bonchev–Trinajstić information content (AvgIpc) is 2.80.